The van der Waals surface area contributed by atoms with Crippen molar-refractivity contribution in [1.82, 2.24) is 10.2 Å². The largest absolute Gasteiger partial charge is 0.316 e. The summed E-state index contributed by atoms with van der Waals surface area (Å²) in [5.74, 6) is 0.914. The quantitative estimate of drug-likeness (QED) is 0.667. The molecule has 1 aliphatic rings. The molecule has 0 aliphatic heterocycles. The van der Waals surface area contributed by atoms with Crippen LogP contribution in [0.4, 0.5) is 0 Å². The molecule has 0 aromatic carbocycles. The van der Waals surface area contributed by atoms with E-state index < -0.39 is 0 Å². The highest BCUT2D eigenvalue weighted by Crippen LogP contribution is 2.39. The first kappa shape index (κ1) is 16.0. The topological polar surface area (TPSA) is 15.3 Å². The van der Waals surface area contributed by atoms with Gasteiger partial charge in [0.1, 0.15) is 0 Å². The second-order valence-corrected chi connectivity index (χ2v) is 6.62. The summed E-state index contributed by atoms with van der Waals surface area (Å²) in [6.45, 7) is 11.9. The van der Waals surface area contributed by atoms with E-state index in [4.69, 9.17) is 0 Å². The maximum absolute atomic E-state index is 3.69. The summed E-state index contributed by atoms with van der Waals surface area (Å²) in [4.78, 5) is 2.55. The summed E-state index contributed by atoms with van der Waals surface area (Å²) in [5, 5.41) is 3.69. The molecule has 0 bridgehead atoms. The zero-order valence-electron chi connectivity index (χ0n) is 13.1. The first-order valence-corrected chi connectivity index (χ1v) is 8.01. The zero-order valence-corrected chi connectivity index (χ0v) is 13.1. The third-order valence-corrected chi connectivity index (χ3v) is 4.32. The van der Waals surface area contributed by atoms with Crippen molar-refractivity contribution in [3.05, 3.63) is 0 Å². The molecule has 0 spiro atoms. The van der Waals surface area contributed by atoms with Crippen molar-refractivity contribution >= 4 is 0 Å². The molecule has 1 saturated carbocycles. The van der Waals surface area contributed by atoms with Crippen LogP contribution >= 0.6 is 0 Å². The van der Waals surface area contributed by atoms with Crippen molar-refractivity contribution in [1.29, 1.82) is 0 Å². The van der Waals surface area contributed by atoms with Gasteiger partial charge in [-0.15, -0.1) is 0 Å². The normalized spacial score (nSPS) is 28.8. The molecule has 1 aliphatic carbocycles. The lowest BCUT2D eigenvalue weighted by Crippen LogP contribution is -2.46. The third kappa shape index (κ3) is 5.27. The summed E-state index contributed by atoms with van der Waals surface area (Å²) in [6, 6.07) is 0. The van der Waals surface area contributed by atoms with Crippen LogP contribution in [0, 0.1) is 11.3 Å². The van der Waals surface area contributed by atoms with E-state index in [1.165, 1.54) is 64.7 Å². The van der Waals surface area contributed by atoms with Gasteiger partial charge < -0.3 is 10.2 Å². The number of nitrogens with one attached hydrogen (secondary N) is 1. The molecule has 2 unspecified atom stereocenters. The molecular weight excluding hydrogens is 220 g/mol. The third-order valence-electron chi connectivity index (χ3n) is 4.32. The molecule has 0 heterocycles. The van der Waals surface area contributed by atoms with Crippen molar-refractivity contribution in [2.45, 2.75) is 59.3 Å². The predicted molar refractivity (Wildman–Crippen MR) is 81.0 cm³/mol. The Morgan fingerprint density at radius 3 is 2.67 bits per heavy atom. The van der Waals surface area contributed by atoms with Crippen LogP contribution in [-0.4, -0.2) is 38.1 Å². The second-order valence-electron chi connectivity index (χ2n) is 6.62. The highest BCUT2D eigenvalue weighted by Gasteiger charge is 2.35. The Morgan fingerprint density at radius 2 is 2.06 bits per heavy atom. The molecule has 108 valence electrons. The van der Waals surface area contributed by atoms with E-state index in [1.807, 2.05) is 0 Å². The number of nitrogens with zero attached hydrogens (tertiary/aromatic N) is 1. The second kappa shape index (κ2) is 8.16. The van der Waals surface area contributed by atoms with Crippen molar-refractivity contribution in [3.8, 4) is 0 Å². The fourth-order valence-corrected chi connectivity index (χ4v) is 3.69. The average Bonchev–Trinajstić information content (AvgIpc) is 2.29. The number of rotatable bonds is 8. The molecule has 0 amide bonds. The molecular formula is C16H34N2. The number of hydrogen-bond donors (Lipinski definition) is 1. The molecule has 0 saturated heterocycles. The maximum Gasteiger partial charge on any atom is 0.00472 e. The van der Waals surface area contributed by atoms with Crippen LogP contribution in [0.5, 0.6) is 0 Å². The molecule has 1 fully saturated rings. The number of hydrogen-bond acceptors (Lipinski definition) is 2. The molecule has 0 aromatic rings. The lowest BCUT2D eigenvalue weighted by atomic mass is 9.69. The minimum absolute atomic E-state index is 0.538. The van der Waals surface area contributed by atoms with Crippen molar-refractivity contribution < 1.29 is 0 Å². The Kier molecular flexibility index (Phi) is 7.25. The van der Waals surface area contributed by atoms with Crippen molar-refractivity contribution in [3.63, 3.8) is 0 Å². The van der Waals surface area contributed by atoms with Crippen LogP contribution in [0.2, 0.25) is 0 Å². The van der Waals surface area contributed by atoms with E-state index >= 15 is 0 Å². The van der Waals surface area contributed by atoms with Gasteiger partial charge in [0.25, 0.3) is 0 Å². The van der Waals surface area contributed by atoms with Gasteiger partial charge in [-0.2, -0.15) is 0 Å². The standard InChI is InChI=1S/C16H34N2/c1-5-10-17-13-16(14-18(4)11-6-2)9-7-8-15(3)12-16/h15,17H,5-14H2,1-4H3. The minimum atomic E-state index is 0.538. The Bertz CT molecular complexity index is 217. The van der Waals surface area contributed by atoms with E-state index in [0.29, 0.717) is 5.41 Å². The Hall–Kier alpha value is -0.0800. The summed E-state index contributed by atoms with van der Waals surface area (Å²) < 4.78 is 0. The lowest BCUT2D eigenvalue weighted by Gasteiger charge is -2.43. The van der Waals surface area contributed by atoms with Crippen LogP contribution in [0.25, 0.3) is 0 Å². The summed E-state index contributed by atoms with van der Waals surface area (Å²) in [5.41, 5.74) is 0.538. The fraction of sp³-hybridized carbons (Fsp3) is 1.00. The van der Waals surface area contributed by atoms with Gasteiger partial charge in [-0.25, -0.2) is 0 Å². The van der Waals surface area contributed by atoms with Gasteiger partial charge in [-0.05, 0) is 57.2 Å². The molecule has 18 heavy (non-hydrogen) atoms. The molecule has 0 aromatic heterocycles. The predicted octanol–water partition coefficient (Wildman–Crippen LogP) is 3.52. The molecule has 2 atom stereocenters. The smallest absolute Gasteiger partial charge is 0.00472 e. The van der Waals surface area contributed by atoms with E-state index in [2.05, 4.69) is 38.0 Å². The van der Waals surface area contributed by atoms with E-state index in [1.54, 1.807) is 0 Å². The first-order chi connectivity index (χ1) is 8.62. The van der Waals surface area contributed by atoms with Gasteiger partial charge in [0, 0.05) is 13.1 Å². The summed E-state index contributed by atoms with van der Waals surface area (Å²) >= 11 is 0. The molecule has 2 nitrogen and oxygen atoms in total. The van der Waals surface area contributed by atoms with Crippen LogP contribution in [0.3, 0.4) is 0 Å². The summed E-state index contributed by atoms with van der Waals surface area (Å²) in [6.07, 6.45) is 8.21. The molecule has 2 heteroatoms. The van der Waals surface area contributed by atoms with Gasteiger partial charge in [0.15, 0.2) is 0 Å². The highest BCUT2D eigenvalue weighted by molar-refractivity contribution is 4.89. The fourth-order valence-electron chi connectivity index (χ4n) is 3.69. The van der Waals surface area contributed by atoms with E-state index in [0.717, 1.165) is 5.92 Å². The van der Waals surface area contributed by atoms with Gasteiger partial charge in [-0.3, -0.25) is 0 Å². The molecule has 1 N–H and O–H groups in total. The van der Waals surface area contributed by atoms with Gasteiger partial charge in [-0.1, -0.05) is 33.6 Å². The maximum atomic E-state index is 3.69. The van der Waals surface area contributed by atoms with Crippen molar-refractivity contribution in [2.75, 3.05) is 33.2 Å². The van der Waals surface area contributed by atoms with Crippen LogP contribution in [0.15, 0.2) is 0 Å². The van der Waals surface area contributed by atoms with Crippen molar-refractivity contribution in [2.24, 2.45) is 11.3 Å². The lowest BCUT2D eigenvalue weighted by molar-refractivity contribution is 0.0921. The Balaban J connectivity index is 2.54. The monoisotopic (exact) mass is 254 g/mol. The van der Waals surface area contributed by atoms with Crippen LogP contribution in [0.1, 0.15) is 59.3 Å². The highest BCUT2D eigenvalue weighted by atomic mass is 15.1. The van der Waals surface area contributed by atoms with E-state index in [-0.39, 0.29) is 0 Å². The Labute approximate surface area is 115 Å². The first-order valence-electron chi connectivity index (χ1n) is 8.01. The summed E-state index contributed by atoms with van der Waals surface area (Å²) in [7, 11) is 2.30. The molecule has 0 radical (unpaired) electrons. The zero-order chi connectivity index (χ0) is 13.4. The average molecular weight is 254 g/mol. The van der Waals surface area contributed by atoms with Gasteiger partial charge in [0.2, 0.25) is 0 Å². The van der Waals surface area contributed by atoms with Crippen LogP contribution in [-0.2, 0) is 0 Å². The SMILES string of the molecule is CCCNCC1(CN(C)CCC)CCCC(C)C1. The van der Waals surface area contributed by atoms with Crippen LogP contribution < -0.4 is 5.32 Å². The van der Waals surface area contributed by atoms with Gasteiger partial charge >= 0.3 is 0 Å². The van der Waals surface area contributed by atoms with E-state index in [9.17, 15) is 0 Å². The minimum Gasteiger partial charge on any atom is -0.316 e. The molecule has 1 rings (SSSR count). The van der Waals surface area contributed by atoms with Gasteiger partial charge in [0.05, 0.1) is 0 Å². The Morgan fingerprint density at radius 1 is 1.28 bits per heavy atom.